The number of hydrogen-bond acceptors (Lipinski definition) is 3. The first-order valence-electron chi connectivity index (χ1n) is 9.24. The molecular weight excluding hydrogens is 432 g/mol. The average Bonchev–Trinajstić information content (AvgIpc) is 3.36. The molecule has 144 valence electrons. The van der Waals surface area contributed by atoms with Crippen LogP contribution in [0.1, 0.15) is 11.1 Å². The highest BCUT2D eigenvalue weighted by Crippen LogP contribution is 2.40. The van der Waals surface area contributed by atoms with Crippen LogP contribution in [0.15, 0.2) is 59.3 Å². The summed E-state index contributed by atoms with van der Waals surface area (Å²) in [6.07, 6.45) is 3.69. The van der Waals surface area contributed by atoms with Gasteiger partial charge in [0, 0.05) is 62.9 Å². The van der Waals surface area contributed by atoms with Crippen molar-refractivity contribution in [2.45, 2.75) is 6.54 Å². The standard InChI is InChI=1S/C22H17BrN4O2/c23-15-5-3-7-17-18(15)14(11-27(17)9-8-24)20-19(21(28)26-22(20)29)13-10-25-16-6-2-1-4-12(13)16/h1-7,10-11,25H,8-9,24H2,(H,26,28,29). The Kier molecular flexibility index (Phi) is 4.15. The molecule has 0 atom stereocenters. The Labute approximate surface area is 174 Å². The molecule has 6 nitrogen and oxygen atoms in total. The van der Waals surface area contributed by atoms with Gasteiger partial charge in [-0.1, -0.05) is 40.2 Å². The molecule has 4 aromatic rings. The molecule has 4 N–H and O–H groups in total. The molecular formula is C22H17BrN4O2. The van der Waals surface area contributed by atoms with Crippen molar-refractivity contribution in [1.29, 1.82) is 0 Å². The van der Waals surface area contributed by atoms with E-state index in [2.05, 4.69) is 26.2 Å². The van der Waals surface area contributed by atoms with Crippen LogP contribution < -0.4 is 11.1 Å². The zero-order valence-electron chi connectivity index (χ0n) is 15.3. The summed E-state index contributed by atoms with van der Waals surface area (Å²) in [6, 6.07) is 13.6. The van der Waals surface area contributed by atoms with Crippen LogP contribution >= 0.6 is 15.9 Å². The number of amides is 2. The maximum absolute atomic E-state index is 12.9. The van der Waals surface area contributed by atoms with Crippen molar-refractivity contribution in [2.24, 2.45) is 5.73 Å². The molecule has 0 aliphatic carbocycles. The molecule has 0 saturated heterocycles. The lowest BCUT2D eigenvalue weighted by Gasteiger charge is -2.04. The van der Waals surface area contributed by atoms with E-state index >= 15 is 0 Å². The topological polar surface area (TPSA) is 92.9 Å². The number of benzene rings is 2. The molecule has 1 aliphatic heterocycles. The van der Waals surface area contributed by atoms with Gasteiger partial charge in [0.2, 0.25) is 0 Å². The molecule has 1 aliphatic rings. The number of aromatic nitrogens is 2. The van der Waals surface area contributed by atoms with Gasteiger partial charge in [-0.15, -0.1) is 0 Å². The second kappa shape index (κ2) is 6.72. The van der Waals surface area contributed by atoms with Gasteiger partial charge in [-0.25, -0.2) is 0 Å². The molecule has 2 aromatic carbocycles. The summed E-state index contributed by atoms with van der Waals surface area (Å²) in [4.78, 5) is 28.9. The predicted molar refractivity (Wildman–Crippen MR) is 117 cm³/mol. The minimum atomic E-state index is -0.391. The van der Waals surface area contributed by atoms with E-state index in [-0.39, 0.29) is 5.91 Å². The number of imide groups is 1. The summed E-state index contributed by atoms with van der Waals surface area (Å²) >= 11 is 3.61. The van der Waals surface area contributed by atoms with E-state index in [0.29, 0.717) is 35.4 Å². The molecule has 0 radical (unpaired) electrons. The van der Waals surface area contributed by atoms with Crippen LogP contribution in [-0.4, -0.2) is 27.9 Å². The van der Waals surface area contributed by atoms with Gasteiger partial charge >= 0.3 is 0 Å². The van der Waals surface area contributed by atoms with Crippen LogP contribution in [0, 0.1) is 0 Å². The van der Waals surface area contributed by atoms with Gasteiger partial charge in [0.05, 0.1) is 11.1 Å². The van der Waals surface area contributed by atoms with Crippen LogP contribution in [-0.2, 0) is 16.1 Å². The van der Waals surface area contributed by atoms with Gasteiger partial charge in [-0.05, 0) is 18.2 Å². The highest BCUT2D eigenvalue weighted by molar-refractivity contribution is 9.10. The number of carbonyl (C=O) groups excluding carboxylic acids is 2. The molecule has 0 spiro atoms. The zero-order valence-corrected chi connectivity index (χ0v) is 16.9. The Balaban J connectivity index is 1.86. The Morgan fingerprint density at radius 1 is 0.966 bits per heavy atom. The largest absolute Gasteiger partial charge is 0.361 e. The van der Waals surface area contributed by atoms with E-state index in [1.807, 2.05) is 53.2 Å². The summed E-state index contributed by atoms with van der Waals surface area (Å²) in [7, 11) is 0. The third-order valence-electron chi connectivity index (χ3n) is 5.28. The molecule has 5 rings (SSSR count). The lowest BCUT2D eigenvalue weighted by molar-refractivity contribution is -0.122. The van der Waals surface area contributed by atoms with E-state index in [1.54, 1.807) is 6.20 Å². The first-order chi connectivity index (χ1) is 14.1. The number of rotatable bonds is 4. The minimum absolute atomic E-state index is 0.382. The fourth-order valence-corrected chi connectivity index (χ4v) is 4.64. The van der Waals surface area contributed by atoms with Crippen LogP contribution in [0.2, 0.25) is 0 Å². The van der Waals surface area contributed by atoms with Crippen molar-refractivity contribution in [3.05, 3.63) is 70.5 Å². The molecule has 2 aromatic heterocycles. The number of halogens is 1. The van der Waals surface area contributed by atoms with Crippen LogP contribution in [0.4, 0.5) is 0 Å². The molecule has 0 saturated carbocycles. The third-order valence-corrected chi connectivity index (χ3v) is 5.95. The van der Waals surface area contributed by atoms with Crippen molar-refractivity contribution in [3.63, 3.8) is 0 Å². The second-order valence-electron chi connectivity index (χ2n) is 6.94. The summed E-state index contributed by atoms with van der Waals surface area (Å²) in [6.45, 7) is 1.08. The first kappa shape index (κ1) is 17.9. The third kappa shape index (κ3) is 2.66. The van der Waals surface area contributed by atoms with E-state index in [9.17, 15) is 9.59 Å². The van der Waals surface area contributed by atoms with Gasteiger partial charge in [0.1, 0.15) is 0 Å². The number of para-hydroxylation sites is 1. The Morgan fingerprint density at radius 3 is 2.52 bits per heavy atom. The van der Waals surface area contributed by atoms with Crippen molar-refractivity contribution in [1.82, 2.24) is 14.9 Å². The maximum Gasteiger partial charge on any atom is 0.259 e. The van der Waals surface area contributed by atoms with Crippen molar-refractivity contribution in [2.75, 3.05) is 6.54 Å². The SMILES string of the molecule is NCCn1cc(C2=C(c3c[nH]c4ccccc34)C(=O)NC2=O)c2c(Br)cccc21. The smallest absolute Gasteiger partial charge is 0.259 e. The molecule has 2 amide bonds. The number of H-pyrrole nitrogens is 1. The number of fused-ring (bicyclic) bond motifs is 2. The second-order valence-corrected chi connectivity index (χ2v) is 7.79. The molecule has 0 unspecified atom stereocenters. The number of hydrogen-bond donors (Lipinski definition) is 3. The summed E-state index contributed by atoms with van der Waals surface area (Å²) in [5.74, 6) is -0.778. The molecule has 7 heteroatoms. The van der Waals surface area contributed by atoms with Gasteiger partial charge in [-0.3, -0.25) is 14.9 Å². The number of aromatic amines is 1. The van der Waals surface area contributed by atoms with Gasteiger partial charge < -0.3 is 15.3 Å². The fraction of sp³-hybridized carbons (Fsp3) is 0.0909. The quantitative estimate of drug-likeness (QED) is 0.417. The van der Waals surface area contributed by atoms with E-state index in [0.717, 1.165) is 26.3 Å². The van der Waals surface area contributed by atoms with Crippen LogP contribution in [0.25, 0.3) is 33.0 Å². The fourth-order valence-electron chi connectivity index (χ4n) is 4.07. The number of nitrogens with one attached hydrogen (secondary N) is 2. The van der Waals surface area contributed by atoms with Crippen LogP contribution in [0.3, 0.4) is 0 Å². The van der Waals surface area contributed by atoms with Crippen molar-refractivity contribution >= 4 is 60.7 Å². The Hall–Kier alpha value is -3.16. The van der Waals surface area contributed by atoms with E-state index in [1.165, 1.54) is 0 Å². The predicted octanol–water partition coefficient (Wildman–Crippen LogP) is 3.41. The van der Waals surface area contributed by atoms with Gasteiger partial charge in [-0.2, -0.15) is 0 Å². The zero-order chi connectivity index (χ0) is 20.1. The van der Waals surface area contributed by atoms with E-state index < -0.39 is 5.91 Å². The van der Waals surface area contributed by atoms with Gasteiger partial charge in [0.15, 0.2) is 0 Å². The first-order valence-corrected chi connectivity index (χ1v) is 10.0. The summed E-state index contributed by atoms with van der Waals surface area (Å²) in [5.41, 5.74) is 9.85. The molecule has 0 bridgehead atoms. The normalized spacial score (nSPS) is 14.4. The Morgan fingerprint density at radius 2 is 1.72 bits per heavy atom. The molecule has 3 heterocycles. The summed E-state index contributed by atoms with van der Waals surface area (Å²) in [5, 5.41) is 4.26. The summed E-state index contributed by atoms with van der Waals surface area (Å²) < 4.78 is 2.88. The van der Waals surface area contributed by atoms with Crippen LogP contribution in [0.5, 0.6) is 0 Å². The lowest BCUT2D eigenvalue weighted by atomic mass is 9.95. The van der Waals surface area contributed by atoms with E-state index in [4.69, 9.17) is 5.73 Å². The number of nitrogens with two attached hydrogens (primary N) is 1. The van der Waals surface area contributed by atoms with Crippen molar-refractivity contribution < 1.29 is 9.59 Å². The van der Waals surface area contributed by atoms with Gasteiger partial charge in [0.25, 0.3) is 11.8 Å². The maximum atomic E-state index is 12.9. The molecule has 29 heavy (non-hydrogen) atoms. The monoisotopic (exact) mass is 448 g/mol. The highest BCUT2D eigenvalue weighted by Gasteiger charge is 2.35. The lowest BCUT2D eigenvalue weighted by Crippen LogP contribution is -2.22. The number of carbonyl (C=O) groups is 2. The highest BCUT2D eigenvalue weighted by atomic mass is 79.9. The van der Waals surface area contributed by atoms with Crippen molar-refractivity contribution in [3.8, 4) is 0 Å². The molecule has 0 fully saturated rings. The Bertz CT molecular complexity index is 1350. The minimum Gasteiger partial charge on any atom is -0.361 e. The average molecular weight is 449 g/mol. The number of nitrogens with zero attached hydrogens (tertiary/aromatic N) is 1.